The third-order valence-electron chi connectivity index (χ3n) is 6.48. The van der Waals surface area contributed by atoms with Gasteiger partial charge in [-0.2, -0.15) is 0 Å². The molecule has 1 aliphatic carbocycles. The highest BCUT2D eigenvalue weighted by atomic mass is 16.6. The molecule has 0 aromatic heterocycles. The van der Waals surface area contributed by atoms with Crippen molar-refractivity contribution in [1.82, 2.24) is 4.90 Å². The number of hydrogen-bond acceptors (Lipinski definition) is 4. The molecule has 5 nitrogen and oxygen atoms in total. The van der Waals surface area contributed by atoms with Crippen molar-refractivity contribution in [1.29, 1.82) is 0 Å². The third-order valence-corrected chi connectivity index (χ3v) is 6.48. The van der Waals surface area contributed by atoms with Gasteiger partial charge in [-0.3, -0.25) is 10.1 Å². The van der Waals surface area contributed by atoms with Crippen molar-refractivity contribution in [3.63, 3.8) is 0 Å². The molecule has 5 heteroatoms. The second-order valence-electron chi connectivity index (χ2n) is 8.83. The van der Waals surface area contributed by atoms with Crippen LogP contribution in [0.25, 0.3) is 0 Å². The van der Waals surface area contributed by atoms with Crippen molar-refractivity contribution < 1.29 is 4.92 Å². The SMILES string of the molecule is C[C@@H]1CN(CC2CCCCCCC2)C[C@H](C)[C@H]1Nc1ccccc1[N+](=O)[O-]. The molecular formula is C22H35N3O2. The van der Waals surface area contributed by atoms with Crippen LogP contribution in [-0.2, 0) is 0 Å². The lowest BCUT2D eigenvalue weighted by Gasteiger charge is -2.43. The minimum atomic E-state index is -0.290. The number of nitro benzene ring substituents is 1. The van der Waals surface area contributed by atoms with E-state index in [1.165, 1.54) is 51.5 Å². The maximum atomic E-state index is 11.3. The van der Waals surface area contributed by atoms with E-state index < -0.39 is 0 Å². The number of anilines is 1. The van der Waals surface area contributed by atoms with Crippen LogP contribution in [0.3, 0.4) is 0 Å². The lowest BCUT2D eigenvalue weighted by Crippen LogP contribution is -2.51. The van der Waals surface area contributed by atoms with Crippen molar-refractivity contribution in [2.75, 3.05) is 25.0 Å². The van der Waals surface area contributed by atoms with Crippen molar-refractivity contribution in [3.8, 4) is 0 Å². The Kier molecular flexibility index (Phi) is 7.11. The van der Waals surface area contributed by atoms with Crippen LogP contribution in [0.2, 0.25) is 0 Å². The maximum absolute atomic E-state index is 11.3. The van der Waals surface area contributed by atoms with Crippen LogP contribution >= 0.6 is 0 Å². The predicted octanol–water partition coefficient (Wildman–Crippen LogP) is 5.32. The fourth-order valence-electron chi connectivity index (χ4n) is 5.13. The zero-order chi connectivity index (χ0) is 19.2. The molecule has 1 aromatic rings. The molecule has 0 radical (unpaired) electrons. The zero-order valence-electron chi connectivity index (χ0n) is 16.9. The summed E-state index contributed by atoms with van der Waals surface area (Å²) >= 11 is 0. The van der Waals surface area contributed by atoms with E-state index in [1.54, 1.807) is 12.1 Å². The molecule has 1 saturated carbocycles. The minimum Gasteiger partial charge on any atom is -0.376 e. The summed E-state index contributed by atoms with van der Waals surface area (Å²) in [6.45, 7) is 7.96. The van der Waals surface area contributed by atoms with Gasteiger partial charge in [0.15, 0.2) is 0 Å². The van der Waals surface area contributed by atoms with E-state index in [-0.39, 0.29) is 16.7 Å². The van der Waals surface area contributed by atoms with Crippen LogP contribution in [0.1, 0.15) is 58.8 Å². The average Bonchev–Trinajstić information content (AvgIpc) is 2.60. The summed E-state index contributed by atoms with van der Waals surface area (Å²) in [4.78, 5) is 13.7. The standard InChI is InChI=1S/C22H35N3O2/c1-17-14-24(16-19-10-6-4-3-5-7-11-19)15-18(2)22(17)23-20-12-8-9-13-21(20)25(26)27/h8-9,12-13,17-19,22-23H,3-7,10-11,14-16H2,1-2H3/t17-,18+,22+. The second kappa shape index (κ2) is 9.54. The topological polar surface area (TPSA) is 58.4 Å². The van der Waals surface area contributed by atoms with Crippen LogP contribution in [0.15, 0.2) is 24.3 Å². The predicted molar refractivity (Wildman–Crippen MR) is 111 cm³/mol. The molecule has 1 saturated heterocycles. The van der Waals surface area contributed by atoms with Gasteiger partial charge in [-0.25, -0.2) is 0 Å². The first-order chi connectivity index (χ1) is 13.0. The Labute approximate surface area is 163 Å². The van der Waals surface area contributed by atoms with Crippen LogP contribution in [0.5, 0.6) is 0 Å². The molecule has 1 heterocycles. The molecule has 1 aromatic carbocycles. The van der Waals surface area contributed by atoms with Crippen molar-refractivity contribution >= 4 is 11.4 Å². The fourth-order valence-corrected chi connectivity index (χ4v) is 5.13. The molecule has 3 atom stereocenters. The molecule has 27 heavy (non-hydrogen) atoms. The van der Waals surface area contributed by atoms with Crippen molar-refractivity contribution in [2.45, 2.75) is 64.8 Å². The number of hydrogen-bond donors (Lipinski definition) is 1. The molecule has 1 N–H and O–H groups in total. The van der Waals surface area contributed by atoms with Gasteiger partial charge in [0, 0.05) is 31.7 Å². The van der Waals surface area contributed by atoms with Gasteiger partial charge in [-0.1, -0.05) is 58.1 Å². The van der Waals surface area contributed by atoms with Crippen LogP contribution in [-0.4, -0.2) is 35.5 Å². The van der Waals surface area contributed by atoms with Gasteiger partial charge < -0.3 is 10.2 Å². The minimum absolute atomic E-state index is 0.175. The van der Waals surface area contributed by atoms with Gasteiger partial charge in [0.2, 0.25) is 0 Å². The molecule has 0 bridgehead atoms. The first kappa shape index (κ1) is 20.1. The number of nitrogens with one attached hydrogen (secondary N) is 1. The smallest absolute Gasteiger partial charge is 0.292 e. The Morgan fingerprint density at radius 2 is 1.63 bits per heavy atom. The highest BCUT2D eigenvalue weighted by Gasteiger charge is 2.33. The lowest BCUT2D eigenvalue weighted by atomic mass is 9.84. The van der Waals surface area contributed by atoms with Crippen LogP contribution in [0.4, 0.5) is 11.4 Å². The summed E-state index contributed by atoms with van der Waals surface area (Å²) in [6, 6.07) is 7.29. The molecular weight excluding hydrogens is 338 g/mol. The number of nitrogens with zero attached hydrogens (tertiary/aromatic N) is 2. The van der Waals surface area contributed by atoms with Crippen molar-refractivity contribution in [3.05, 3.63) is 34.4 Å². The third kappa shape index (κ3) is 5.44. The van der Waals surface area contributed by atoms with E-state index in [9.17, 15) is 10.1 Å². The summed E-state index contributed by atoms with van der Waals surface area (Å²) in [5, 5.41) is 14.8. The molecule has 0 amide bonds. The van der Waals surface area contributed by atoms with Gasteiger partial charge in [0.25, 0.3) is 5.69 Å². The Morgan fingerprint density at radius 3 is 2.26 bits per heavy atom. The Hall–Kier alpha value is -1.62. The summed E-state index contributed by atoms with van der Waals surface area (Å²) < 4.78 is 0. The average molecular weight is 374 g/mol. The number of piperidine rings is 1. The Bertz CT molecular complexity index is 601. The monoisotopic (exact) mass is 373 g/mol. The van der Waals surface area contributed by atoms with Crippen LogP contribution < -0.4 is 5.32 Å². The van der Waals surface area contributed by atoms with Gasteiger partial charge >= 0.3 is 0 Å². The maximum Gasteiger partial charge on any atom is 0.292 e. The highest BCUT2D eigenvalue weighted by Crippen LogP contribution is 2.31. The van der Waals surface area contributed by atoms with E-state index in [1.807, 2.05) is 12.1 Å². The molecule has 1 aliphatic heterocycles. The summed E-state index contributed by atoms with van der Waals surface area (Å²) in [5.41, 5.74) is 0.827. The van der Waals surface area contributed by atoms with E-state index >= 15 is 0 Å². The second-order valence-corrected chi connectivity index (χ2v) is 8.83. The van der Waals surface area contributed by atoms with E-state index in [0.717, 1.165) is 19.0 Å². The molecule has 3 rings (SSSR count). The molecule has 150 valence electrons. The van der Waals surface area contributed by atoms with Gasteiger partial charge in [0.1, 0.15) is 5.69 Å². The van der Waals surface area contributed by atoms with Crippen molar-refractivity contribution in [2.24, 2.45) is 17.8 Å². The first-order valence-corrected chi connectivity index (χ1v) is 10.8. The van der Waals surface area contributed by atoms with Gasteiger partial charge in [0.05, 0.1) is 4.92 Å². The van der Waals surface area contributed by atoms with Crippen LogP contribution in [0, 0.1) is 27.9 Å². The molecule has 0 spiro atoms. The van der Waals surface area contributed by atoms with E-state index in [2.05, 4.69) is 24.1 Å². The number of nitro groups is 1. The molecule has 0 unspecified atom stereocenters. The Balaban J connectivity index is 1.59. The number of likely N-dealkylation sites (tertiary alicyclic amines) is 1. The van der Waals surface area contributed by atoms with Gasteiger partial charge in [-0.15, -0.1) is 0 Å². The lowest BCUT2D eigenvalue weighted by molar-refractivity contribution is -0.384. The number of benzene rings is 1. The largest absolute Gasteiger partial charge is 0.376 e. The molecule has 2 aliphatic rings. The zero-order valence-corrected chi connectivity index (χ0v) is 16.9. The number of rotatable bonds is 5. The normalized spacial score (nSPS) is 28.3. The Morgan fingerprint density at radius 1 is 1.04 bits per heavy atom. The van der Waals surface area contributed by atoms with E-state index in [4.69, 9.17) is 0 Å². The summed E-state index contributed by atoms with van der Waals surface area (Å²) in [6.07, 6.45) is 9.80. The van der Waals surface area contributed by atoms with Gasteiger partial charge in [-0.05, 0) is 36.7 Å². The molecule has 2 fully saturated rings. The van der Waals surface area contributed by atoms with E-state index in [0.29, 0.717) is 17.5 Å². The fraction of sp³-hybridized carbons (Fsp3) is 0.727. The number of para-hydroxylation sites is 2. The summed E-state index contributed by atoms with van der Waals surface area (Å²) in [7, 11) is 0. The highest BCUT2D eigenvalue weighted by molar-refractivity contribution is 5.61. The first-order valence-electron chi connectivity index (χ1n) is 10.8. The quantitative estimate of drug-likeness (QED) is 0.560. The summed E-state index contributed by atoms with van der Waals surface area (Å²) in [5.74, 6) is 1.80.